The summed E-state index contributed by atoms with van der Waals surface area (Å²) < 4.78 is 38.1. The van der Waals surface area contributed by atoms with E-state index in [9.17, 15) is 18.0 Å². The summed E-state index contributed by atoms with van der Waals surface area (Å²) in [5, 5.41) is 4.64. The number of fused-ring (bicyclic) bond motifs is 1. The molecular formula is C25H26N2O6S. The number of nitrogens with one attached hydrogen (secondary N) is 1. The van der Waals surface area contributed by atoms with Crippen LogP contribution in [0.15, 0.2) is 65.6 Å². The van der Waals surface area contributed by atoms with Gasteiger partial charge in [-0.05, 0) is 43.0 Å². The van der Waals surface area contributed by atoms with Gasteiger partial charge in [-0.1, -0.05) is 42.5 Å². The van der Waals surface area contributed by atoms with Crippen LogP contribution in [-0.4, -0.2) is 57.0 Å². The molecule has 1 aliphatic rings. The molecule has 178 valence electrons. The zero-order chi connectivity index (χ0) is 24.3. The van der Waals surface area contributed by atoms with Crippen molar-refractivity contribution in [1.29, 1.82) is 0 Å². The molecule has 0 spiro atoms. The van der Waals surface area contributed by atoms with Crippen LogP contribution in [0, 0.1) is 6.92 Å². The number of esters is 1. The number of carbonyl (C=O) groups excluding carboxylic acids is 2. The van der Waals surface area contributed by atoms with Crippen LogP contribution < -0.4 is 5.32 Å². The molecule has 1 atom stereocenters. The lowest BCUT2D eigenvalue weighted by molar-refractivity contribution is -0.123. The first kappa shape index (κ1) is 23.9. The van der Waals surface area contributed by atoms with Gasteiger partial charge in [-0.25, -0.2) is 13.2 Å². The van der Waals surface area contributed by atoms with Gasteiger partial charge in [-0.3, -0.25) is 4.79 Å². The number of hydrogen-bond donors (Lipinski definition) is 1. The SMILES string of the molecule is Cc1ccc(C(=O)OC(C)C(=O)Nc2cccc3ccccc23)cc1S(=O)(=O)N1CCOCC1. The predicted molar refractivity (Wildman–Crippen MR) is 128 cm³/mol. The minimum absolute atomic E-state index is 0.0386. The van der Waals surface area contributed by atoms with Gasteiger partial charge < -0.3 is 14.8 Å². The molecule has 8 nitrogen and oxygen atoms in total. The van der Waals surface area contributed by atoms with Crippen LogP contribution >= 0.6 is 0 Å². The number of benzene rings is 3. The van der Waals surface area contributed by atoms with Gasteiger partial charge in [-0.2, -0.15) is 4.31 Å². The number of sulfonamides is 1. The van der Waals surface area contributed by atoms with E-state index in [0.29, 0.717) is 24.5 Å². The summed E-state index contributed by atoms with van der Waals surface area (Å²) in [6.45, 7) is 4.29. The Bertz CT molecular complexity index is 1330. The molecule has 34 heavy (non-hydrogen) atoms. The van der Waals surface area contributed by atoms with E-state index in [-0.39, 0.29) is 23.5 Å². The molecule has 0 aliphatic carbocycles. The van der Waals surface area contributed by atoms with E-state index in [4.69, 9.17) is 9.47 Å². The first-order valence-corrected chi connectivity index (χ1v) is 12.4. The second-order valence-corrected chi connectivity index (χ2v) is 9.97. The van der Waals surface area contributed by atoms with Gasteiger partial charge >= 0.3 is 5.97 Å². The summed E-state index contributed by atoms with van der Waals surface area (Å²) >= 11 is 0. The Morgan fingerprint density at radius 3 is 2.50 bits per heavy atom. The highest BCUT2D eigenvalue weighted by Crippen LogP contribution is 2.25. The van der Waals surface area contributed by atoms with Crippen molar-refractivity contribution in [3.05, 3.63) is 71.8 Å². The molecule has 1 amide bonds. The molecule has 3 aromatic rings. The lowest BCUT2D eigenvalue weighted by Gasteiger charge is -2.26. The predicted octanol–water partition coefficient (Wildman–Crippen LogP) is 3.35. The van der Waals surface area contributed by atoms with Gasteiger partial charge in [0.2, 0.25) is 10.0 Å². The molecule has 0 saturated carbocycles. The number of rotatable bonds is 6. The van der Waals surface area contributed by atoms with Crippen LogP contribution in [0.1, 0.15) is 22.8 Å². The van der Waals surface area contributed by atoms with Crippen molar-refractivity contribution in [2.75, 3.05) is 31.6 Å². The highest BCUT2D eigenvalue weighted by Gasteiger charge is 2.29. The molecule has 0 bridgehead atoms. The summed E-state index contributed by atoms with van der Waals surface area (Å²) in [4.78, 5) is 25.5. The number of ether oxygens (including phenoxy) is 2. The van der Waals surface area contributed by atoms with Crippen molar-refractivity contribution >= 4 is 38.4 Å². The zero-order valence-electron chi connectivity index (χ0n) is 19.0. The molecule has 1 aliphatic heterocycles. The van der Waals surface area contributed by atoms with Crippen molar-refractivity contribution in [2.45, 2.75) is 24.8 Å². The van der Waals surface area contributed by atoms with Crippen molar-refractivity contribution in [3.8, 4) is 0 Å². The third-order valence-electron chi connectivity index (χ3n) is 5.71. The van der Waals surface area contributed by atoms with Gasteiger partial charge in [0, 0.05) is 24.2 Å². The summed E-state index contributed by atoms with van der Waals surface area (Å²) in [5.41, 5.74) is 1.19. The number of morpholine rings is 1. The lowest BCUT2D eigenvalue weighted by atomic mass is 10.1. The first-order chi connectivity index (χ1) is 16.3. The van der Waals surface area contributed by atoms with Gasteiger partial charge in [0.05, 0.1) is 23.7 Å². The molecule has 1 saturated heterocycles. The summed E-state index contributed by atoms with van der Waals surface area (Å²) in [7, 11) is -3.79. The normalized spacial score (nSPS) is 15.6. The quantitative estimate of drug-likeness (QED) is 0.541. The fraction of sp³-hybridized carbons (Fsp3) is 0.280. The maximum atomic E-state index is 13.1. The van der Waals surface area contributed by atoms with E-state index in [1.807, 2.05) is 36.4 Å². The number of hydrogen-bond acceptors (Lipinski definition) is 6. The monoisotopic (exact) mass is 482 g/mol. The Morgan fingerprint density at radius 1 is 1.03 bits per heavy atom. The molecule has 9 heteroatoms. The van der Waals surface area contributed by atoms with E-state index in [1.165, 1.54) is 23.4 Å². The zero-order valence-corrected chi connectivity index (χ0v) is 19.8. The van der Waals surface area contributed by atoms with Crippen LogP contribution in [0.3, 0.4) is 0 Å². The summed E-state index contributed by atoms with van der Waals surface area (Å²) in [5.74, 6) is -1.27. The van der Waals surface area contributed by atoms with Gasteiger partial charge in [-0.15, -0.1) is 0 Å². The topological polar surface area (TPSA) is 102 Å². The van der Waals surface area contributed by atoms with Crippen LogP contribution in [0.5, 0.6) is 0 Å². The standard InChI is InChI=1S/C25H26N2O6S/c1-17-10-11-20(16-23(17)34(30,31)27-12-14-32-15-13-27)25(29)33-18(2)24(28)26-22-9-5-7-19-6-3-4-8-21(19)22/h3-11,16,18H,12-15H2,1-2H3,(H,26,28). The van der Waals surface area contributed by atoms with E-state index in [1.54, 1.807) is 19.1 Å². The average Bonchev–Trinajstić information content (AvgIpc) is 2.84. The van der Waals surface area contributed by atoms with E-state index in [0.717, 1.165) is 10.8 Å². The Hall–Kier alpha value is -3.27. The Morgan fingerprint density at radius 2 is 1.74 bits per heavy atom. The Balaban J connectivity index is 1.49. The van der Waals surface area contributed by atoms with E-state index < -0.39 is 28.0 Å². The Kier molecular flexibility index (Phi) is 6.97. The summed E-state index contributed by atoms with van der Waals surface area (Å²) in [6.07, 6.45) is -1.09. The smallest absolute Gasteiger partial charge is 0.338 e. The number of aryl methyl sites for hydroxylation is 1. The molecule has 0 radical (unpaired) electrons. The van der Waals surface area contributed by atoms with Gasteiger partial charge in [0.15, 0.2) is 6.10 Å². The highest BCUT2D eigenvalue weighted by atomic mass is 32.2. The fourth-order valence-electron chi connectivity index (χ4n) is 3.78. The van der Waals surface area contributed by atoms with Crippen molar-refractivity contribution in [2.24, 2.45) is 0 Å². The van der Waals surface area contributed by atoms with Gasteiger partial charge in [0.1, 0.15) is 0 Å². The summed E-state index contributed by atoms with van der Waals surface area (Å²) in [6, 6.07) is 17.5. The lowest BCUT2D eigenvalue weighted by Crippen LogP contribution is -2.40. The highest BCUT2D eigenvalue weighted by molar-refractivity contribution is 7.89. The van der Waals surface area contributed by atoms with Crippen molar-refractivity contribution in [1.82, 2.24) is 4.31 Å². The Labute approximate surface area is 198 Å². The third kappa shape index (κ3) is 4.96. The molecule has 1 N–H and O–H groups in total. The largest absolute Gasteiger partial charge is 0.449 e. The van der Waals surface area contributed by atoms with E-state index >= 15 is 0 Å². The number of anilines is 1. The average molecular weight is 483 g/mol. The number of amides is 1. The second-order valence-electron chi connectivity index (χ2n) is 8.06. The van der Waals surface area contributed by atoms with Crippen LogP contribution in [-0.2, 0) is 24.3 Å². The van der Waals surface area contributed by atoms with Crippen molar-refractivity contribution in [3.63, 3.8) is 0 Å². The molecule has 3 aromatic carbocycles. The minimum Gasteiger partial charge on any atom is -0.449 e. The maximum Gasteiger partial charge on any atom is 0.338 e. The molecule has 1 heterocycles. The maximum absolute atomic E-state index is 13.1. The third-order valence-corrected chi connectivity index (χ3v) is 7.75. The molecule has 4 rings (SSSR count). The number of carbonyl (C=O) groups is 2. The van der Waals surface area contributed by atoms with Crippen molar-refractivity contribution < 1.29 is 27.5 Å². The fourth-order valence-corrected chi connectivity index (χ4v) is 5.44. The van der Waals surface area contributed by atoms with E-state index in [2.05, 4.69) is 5.32 Å². The first-order valence-electron chi connectivity index (χ1n) is 11.0. The van der Waals surface area contributed by atoms with Gasteiger partial charge in [0.25, 0.3) is 5.91 Å². The molecular weight excluding hydrogens is 456 g/mol. The second kappa shape index (κ2) is 9.92. The molecule has 1 unspecified atom stereocenters. The van der Waals surface area contributed by atoms with Crippen LogP contribution in [0.2, 0.25) is 0 Å². The van der Waals surface area contributed by atoms with Crippen LogP contribution in [0.4, 0.5) is 5.69 Å². The number of nitrogens with zero attached hydrogens (tertiary/aromatic N) is 1. The van der Waals surface area contributed by atoms with Crippen LogP contribution in [0.25, 0.3) is 10.8 Å². The molecule has 1 fully saturated rings. The molecule has 0 aromatic heterocycles. The minimum atomic E-state index is -3.79.